The Morgan fingerprint density at radius 1 is 1.00 bits per heavy atom. The maximum atomic E-state index is 13.5. The second-order valence-electron chi connectivity index (χ2n) is 7.79. The molecule has 1 aliphatic rings. The summed E-state index contributed by atoms with van der Waals surface area (Å²) in [5.41, 5.74) is 3.62. The number of halogens is 4. The molecule has 3 heterocycles. The highest BCUT2D eigenvalue weighted by molar-refractivity contribution is 5.70. The number of hydrogen-bond acceptors (Lipinski definition) is 4. The van der Waals surface area contributed by atoms with Crippen molar-refractivity contribution in [3.05, 3.63) is 53.0 Å². The van der Waals surface area contributed by atoms with Gasteiger partial charge in [0, 0.05) is 34.6 Å². The molecule has 1 atom stereocenters. The van der Waals surface area contributed by atoms with Crippen molar-refractivity contribution in [3.63, 3.8) is 0 Å². The molecule has 2 aromatic heterocycles. The fourth-order valence-electron chi connectivity index (χ4n) is 4.10. The first-order chi connectivity index (χ1) is 17.2. The summed E-state index contributed by atoms with van der Waals surface area (Å²) in [6, 6.07) is 7.48. The zero-order valence-electron chi connectivity index (χ0n) is 22.0. The number of aromatic nitrogens is 3. The summed E-state index contributed by atoms with van der Waals surface area (Å²) in [5, 5.41) is 0. The number of benzene rings is 1. The van der Waals surface area contributed by atoms with E-state index in [0.717, 1.165) is 28.7 Å². The average Bonchev–Trinajstić information content (AvgIpc) is 3.08. The standard InChI is InChI=1S/C23H23F4N3O2.2C2H6/c1-13-8-16(9-14(2)28-13)21-19-6-7-32-17(11-24)12-30(19)22(29-21)15-4-5-18(23(25,26)27)20(10-15)31-3;2*1-2/h4-5,8-10,17H,6-7,11-12H2,1-3H3;2*1-2H3/t17-;;/m1../s1. The van der Waals surface area contributed by atoms with E-state index in [-0.39, 0.29) is 12.3 Å². The molecule has 0 amide bonds. The van der Waals surface area contributed by atoms with Gasteiger partial charge in [0.1, 0.15) is 24.4 Å². The lowest BCUT2D eigenvalue weighted by molar-refractivity contribution is -0.138. The fraction of sp³-hybridized carbons (Fsp3) is 0.481. The van der Waals surface area contributed by atoms with Gasteiger partial charge in [-0.05, 0) is 38.1 Å². The van der Waals surface area contributed by atoms with Crippen LogP contribution in [0.4, 0.5) is 17.6 Å². The van der Waals surface area contributed by atoms with Crippen molar-refractivity contribution >= 4 is 0 Å². The number of nitrogens with zero attached hydrogens (tertiary/aromatic N) is 3. The Balaban J connectivity index is 0.00000109. The maximum Gasteiger partial charge on any atom is 0.419 e. The van der Waals surface area contributed by atoms with Crippen molar-refractivity contribution < 1.29 is 27.0 Å². The number of alkyl halides is 4. The Labute approximate surface area is 210 Å². The molecule has 198 valence electrons. The highest BCUT2D eigenvalue weighted by atomic mass is 19.4. The molecular formula is C27H35F4N3O2. The summed E-state index contributed by atoms with van der Waals surface area (Å²) in [6.45, 7) is 11.6. The summed E-state index contributed by atoms with van der Waals surface area (Å²) >= 11 is 0. The van der Waals surface area contributed by atoms with Gasteiger partial charge in [0.05, 0.1) is 31.5 Å². The molecule has 0 unspecified atom stereocenters. The predicted molar refractivity (Wildman–Crippen MR) is 134 cm³/mol. The lowest BCUT2D eigenvalue weighted by Gasteiger charge is -2.16. The molecule has 5 nitrogen and oxygen atoms in total. The molecule has 36 heavy (non-hydrogen) atoms. The second kappa shape index (κ2) is 12.9. The van der Waals surface area contributed by atoms with Gasteiger partial charge in [-0.25, -0.2) is 9.37 Å². The number of imidazole rings is 1. The van der Waals surface area contributed by atoms with Crippen LogP contribution in [0.5, 0.6) is 5.75 Å². The lowest BCUT2D eigenvalue weighted by atomic mass is 10.1. The van der Waals surface area contributed by atoms with E-state index in [9.17, 15) is 17.6 Å². The molecule has 0 radical (unpaired) electrons. The first-order valence-corrected chi connectivity index (χ1v) is 12.2. The minimum Gasteiger partial charge on any atom is -0.496 e. The van der Waals surface area contributed by atoms with Gasteiger partial charge in [-0.3, -0.25) is 4.98 Å². The first kappa shape index (κ1) is 29.3. The van der Waals surface area contributed by atoms with Gasteiger partial charge in [0.25, 0.3) is 0 Å². The number of pyridine rings is 1. The third-order valence-electron chi connectivity index (χ3n) is 5.44. The summed E-state index contributed by atoms with van der Waals surface area (Å²) in [6.07, 6.45) is -4.70. The largest absolute Gasteiger partial charge is 0.496 e. The monoisotopic (exact) mass is 509 g/mol. The Bertz CT molecular complexity index is 1120. The molecule has 0 bridgehead atoms. The van der Waals surface area contributed by atoms with Crippen LogP contribution in [0.2, 0.25) is 0 Å². The van der Waals surface area contributed by atoms with Crippen molar-refractivity contribution in [1.82, 2.24) is 14.5 Å². The van der Waals surface area contributed by atoms with Gasteiger partial charge in [0.15, 0.2) is 0 Å². The SMILES string of the molecule is CC.CC.COc1cc(-c2nc(-c3cc(C)nc(C)c3)c3n2C[C@@H](CF)OCC3)ccc1C(F)(F)F. The van der Waals surface area contributed by atoms with Crippen LogP contribution in [0.15, 0.2) is 30.3 Å². The van der Waals surface area contributed by atoms with Gasteiger partial charge >= 0.3 is 6.18 Å². The Hall–Kier alpha value is -2.94. The van der Waals surface area contributed by atoms with Crippen molar-refractivity contribution in [1.29, 1.82) is 0 Å². The van der Waals surface area contributed by atoms with Crippen molar-refractivity contribution in [2.24, 2.45) is 0 Å². The van der Waals surface area contributed by atoms with Crippen LogP contribution in [0.3, 0.4) is 0 Å². The van der Waals surface area contributed by atoms with Crippen LogP contribution >= 0.6 is 0 Å². The second-order valence-corrected chi connectivity index (χ2v) is 7.79. The average molecular weight is 510 g/mol. The van der Waals surface area contributed by atoms with Crippen LogP contribution in [0, 0.1) is 13.8 Å². The zero-order valence-corrected chi connectivity index (χ0v) is 22.0. The molecule has 0 saturated carbocycles. The summed E-state index contributed by atoms with van der Waals surface area (Å²) < 4.78 is 66.0. The van der Waals surface area contributed by atoms with E-state index in [0.29, 0.717) is 30.1 Å². The van der Waals surface area contributed by atoms with Crippen LogP contribution in [0.1, 0.15) is 50.3 Å². The molecule has 0 aliphatic carbocycles. The number of methoxy groups -OCH3 is 1. The lowest BCUT2D eigenvalue weighted by Crippen LogP contribution is -2.21. The minimum atomic E-state index is -4.54. The van der Waals surface area contributed by atoms with Gasteiger partial charge in [-0.1, -0.05) is 33.8 Å². The summed E-state index contributed by atoms with van der Waals surface area (Å²) in [4.78, 5) is 9.22. The number of ether oxygens (including phenoxy) is 2. The van der Waals surface area contributed by atoms with Gasteiger partial charge in [-0.2, -0.15) is 13.2 Å². The zero-order chi connectivity index (χ0) is 27.0. The highest BCUT2D eigenvalue weighted by Crippen LogP contribution is 2.39. The maximum absolute atomic E-state index is 13.5. The quantitative estimate of drug-likeness (QED) is 0.349. The van der Waals surface area contributed by atoms with Crippen LogP contribution in [0.25, 0.3) is 22.6 Å². The van der Waals surface area contributed by atoms with Crippen molar-refractivity contribution in [3.8, 4) is 28.4 Å². The third-order valence-corrected chi connectivity index (χ3v) is 5.44. The number of rotatable bonds is 4. The smallest absolute Gasteiger partial charge is 0.419 e. The molecule has 0 N–H and O–H groups in total. The van der Waals surface area contributed by atoms with E-state index in [1.54, 1.807) is 0 Å². The first-order valence-electron chi connectivity index (χ1n) is 12.2. The minimum absolute atomic E-state index is 0.209. The van der Waals surface area contributed by atoms with Crippen molar-refractivity contribution in [2.75, 3.05) is 20.4 Å². The molecule has 4 rings (SSSR count). The van der Waals surface area contributed by atoms with E-state index in [4.69, 9.17) is 14.5 Å². The Kier molecular flexibility index (Phi) is 10.5. The van der Waals surface area contributed by atoms with E-state index < -0.39 is 24.5 Å². The molecule has 3 aromatic rings. The molecule has 9 heteroatoms. The Morgan fingerprint density at radius 3 is 2.19 bits per heavy atom. The molecule has 1 aromatic carbocycles. The van der Waals surface area contributed by atoms with E-state index in [2.05, 4.69) is 4.98 Å². The normalized spacial score (nSPS) is 15.0. The molecule has 0 fully saturated rings. The topological polar surface area (TPSA) is 49.2 Å². The highest BCUT2D eigenvalue weighted by Gasteiger charge is 2.35. The van der Waals surface area contributed by atoms with Gasteiger partial charge in [-0.15, -0.1) is 0 Å². The molecular weight excluding hydrogens is 474 g/mol. The Morgan fingerprint density at radius 2 is 1.64 bits per heavy atom. The van der Waals surface area contributed by atoms with Crippen molar-refractivity contribution in [2.45, 2.75) is 66.8 Å². The summed E-state index contributed by atoms with van der Waals surface area (Å²) in [5.74, 6) is 0.148. The van der Waals surface area contributed by atoms with E-state index in [1.807, 2.05) is 58.2 Å². The molecule has 1 aliphatic heterocycles. The fourth-order valence-corrected chi connectivity index (χ4v) is 4.10. The molecule has 0 spiro atoms. The van der Waals surface area contributed by atoms with Gasteiger partial charge < -0.3 is 14.0 Å². The number of hydrogen-bond donors (Lipinski definition) is 0. The number of fused-ring (bicyclic) bond motifs is 1. The molecule has 0 saturated heterocycles. The third kappa shape index (κ3) is 6.43. The van der Waals surface area contributed by atoms with Gasteiger partial charge in [0.2, 0.25) is 0 Å². The number of aryl methyl sites for hydroxylation is 2. The van der Waals surface area contributed by atoms with Crippen LogP contribution < -0.4 is 4.74 Å². The summed E-state index contributed by atoms with van der Waals surface area (Å²) in [7, 11) is 1.20. The van der Waals surface area contributed by atoms with Crippen LogP contribution in [-0.2, 0) is 23.9 Å². The van der Waals surface area contributed by atoms with E-state index >= 15 is 0 Å². The predicted octanol–water partition coefficient (Wildman–Crippen LogP) is 7.22. The van der Waals surface area contributed by atoms with Crippen LogP contribution in [-0.4, -0.2) is 41.0 Å². The van der Waals surface area contributed by atoms with E-state index in [1.165, 1.54) is 19.2 Å².